The first kappa shape index (κ1) is 14.0. The Morgan fingerprint density at radius 2 is 2.20 bits per heavy atom. The molecule has 2 saturated heterocycles. The number of halogens is 2. The van der Waals surface area contributed by atoms with Crippen molar-refractivity contribution in [2.75, 3.05) is 19.6 Å². The fourth-order valence-electron chi connectivity index (χ4n) is 3.57. The van der Waals surface area contributed by atoms with Crippen molar-refractivity contribution in [3.63, 3.8) is 0 Å². The Hall–Kier alpha value is -0.940. The number of likely N-dealkylation sites (tertiary alicyclic amines) is 1. The third kappa shape index (κ3) is 2.07. The highest BCUT2D eigenvalue weighted by Crippen LogP contribution is 2.41. The Kier molecular flexibility index (Phi) is 3.37. The standard InChI is InChI=1S/C15H18BrFN2O/c1-15(2)12-7-18-6-9(12)8-19(15)14(20)11-4-3-10(17)5-13(11)16/h3-5,9,12,18H,6-8H2,1-2H3. The zero-order chi connectivity index (χ0) is 14.5. The number of nitrogens with one attached hydrogen (secondary N) is 1. The lowest BCUT2D eigenvalue weighted by atomic mass is 9.84. The first-order valence-electron chi connectivity index (χ1n) is 6.89. The predicted octanol–water partition coefficient (Wildman–Crippen LogP) is 2.66. The van der Waals surface area contributed by atoms with Gasteiger partial charge >= 0.3 is 0 Å². The molecule has 1 aromatic carbocycles. The molecule has 20 heavy (non-hydrogen) atoms. The summed E-state index contributed by atoms with van der Waals surface area (Å²) in [6.45, 7) is 6.96. The molecule has 1 aromatic rings. The third-order valence-electron chi connectivity index (χ3n) is 4.77. The van der Waals surface area contributed by atoms with Crippen molar-refractivity contribution in [2.24, 2.45) is 11.8 Å². The van der Waals surface area contributed by atoms with E-state index in [1.165, 1.54) is 12.1 Å². The predicted molar refractivity (Wildman–Crippen MR) is 79.1 cm³/mol. The van der Waals surface area contributed by atoms with Crippen LogP contribution in [-0.2, 0) is 0 Å². The molecule has 2 unspecified atom stereocenters. The number of benzene rings is 1. The monoisotopic (exact) mass is 340 g/mol. The van der Waals surface area contributed by atoms with E-state index in [1.54, 1.807) is 6.07 Å². The highest BCUT2D eigenvalue weighted by molar-refractivity contribution is 9.10. The number of hydrogen-bond acceptors (Lipinski definition) is 2. The quantitative estimate of drug-likeness (QED) is 0.852. The highest BCUT2D eigenvalue weighted by atomic mass is 79.9. The van der Waals surface area contributed by atoms with Gasteiger partial charge in [-0.15, -0.1) is 0 Å². The van der Waals surface area contributed by atoms with Crippen molar-refractivity contribution >= 4 is 21.8 Å². The van der Waals surface area contributed by atoms with Crippen LogP contribution in [0, 0.1) is 17.7 Å². The normalized spacial score (nSPS) is 27.7. The zero-order valence-electron chi connectivity index (χ0n) is 11.6. The maximum absolute atomic E-state index is 13.2. The largest absolute Gasteiger partial charge is 0.333 e. The summed E-state index contributed by atoms with van der Waals surface area (Å²) in [7, 11) is 0. The van der Waals surface area contributed by atoms with Gasteiger partial charge in [-0.05, 0) is 59.8 Å². The molecular weight excluding hydrogens is 323 g/mol. The van der Waals surface area contributed by atoms with Crippen LogP contribution in [-0.4, -0.2) is 36.0 Å². The van der Waals surface area contributed by atoms with Crippen LogP contribution in [0.5, 0.6) is 0 Å². The molecule has 0 aliphatic carbocycles. The van der Waals surface area contributed by atoms with Gasteiger partial charge in [0.25, 0.3) is 5.91 Å². The molecule has 0 radical (unpaired) electrons. The first-order valence-corrected chi connectivity index (χ1v) is 7.68. The SMILES string of the molecule is CC1(C)C2CNCC2CN1C(=O)c1ccc(F)cc1Br. The van der Waals surface area contributed by atoms with E-state index in [0.717, 1.165) is 19.6 Å². The van der Waals surface area contributed by atoms with Gasteiger partial charge in [0, 0.05) is 29.6 Å². The maximum Gasteiger partial charge on any atom is 0.255 e. The van der Waals surface area contributed by atoms with Gasteiger partial charge < -0.3 is 10.2 Å². The van der Waals surface area contributed by atoms with Crippen LogP contribution in [0.3, 0.4) is 0 Å². The van der Waals surface area contributed by atoms with Crippen LogP contribution in [0.15, 0.2) is 22.7 Å². The van der Waals surface area contributed by atoms with Crippen LogP contribution in [0.25, 0.3) is 0 Å². The minimum absolute atomic E-state index is 0.0173. The van der Waals surface area contributed by atoms with E-state index < -0.39 is 0 Å². The molecule has 3 rings (SSSR count). The van der Waals surface area contributed by atoms with Gasteiger partial charge in [-0.1, -0.05) is 0 Å². The fraction of sp³-hybridized carbons (Fsp3) is 0.533. The summed E-state index contributed by atoms with van der Waals surface area (Å²) in [6, 6.07) is 4.24. The lowest BCUT2D eigenvalue weighted by molar-refractivity contribution is 0.0602. The number of fused-ring (bicyclic) bond motifs is 1. The molecule has 108 valence electrons. The van der Waals surface area contributed by atoms with Crippen LogP contribution < -0.4 is 5.32 Å². The van der Waals surface area contributed by atoms with E-state index in [2.05, 4.69) is 35.1 Å². The smallest absolute Gasteiger partial charge is 0.255 e. The van der Waals surface area contributed by atoms with Gasteiger partial charge in [-0.2, -0.15) is 0 Å². The summed E-state index contributed by atoms with van der Waals surface area (Å²) in [5.41, 5.74) is 0.367. The molecule has 2 fully saturated rings. The number of nitrogens with zero attached hydrogens (tertiary/aromatic N) is 1. The molecule has 0 spiro atoms. The van der Waals surface area contributed by atoms with Crippen LogP contribution in [0.1, 0.15) is 24.2 Å². The second kappa shape index (κ2) is 4.81. The molecule has 2 aliphatic heterocycles. The first-order chi connectivity index (χ1) is 9.41. The van der Waals surface area contributed by atoms with E-state index in [-0.39, 0.29) is 17.3 Å². The second-order valence-electron chi connectivity index (χ2n) is 6.22. The minimum Gasteiger partial charge on any atom is -0.333 e. The van der Waals surface area contributed by atoms with Gasteiger partial charge in [0.2, 0.25) is 0 Å². The zero-order valence-corrected chi connectivity index (χ0v) is 13.2. The van der Waals surface area contributed by atoms with E-state index >= 15 is 0 Å². The van der Waals surface area contributed by atoms with Crippen molar-refractivity contribution in [1.29, 1.82) is 0 Å². The lowest BCUT2D eigenvalue weighted by Gasteiger charge is -2.35. The molecular formula is C15H18BrFN2O. The summed E-state index contributed by atoms with van der Waals surface area (Å²) in [4.78, 5) is 14.7. The van der Waals surface area contributed by atoms with Gasteiger partial charge in [0.15, 0.2) is 0 Å². The molecule has 0 bridgehead atoms. The van der Waals surface area contributed by atoms with Crippen molar-refractivity contribution in [3.05, 3.63) is 34.1 Å². The molecule has 1 amide bonds. The van der Waals surface area contributed by atoms with Crippen LogP contribution in [0.4, 0.5) is 4.39 Å². The van der Waals surface area contributed by atoms with Gasteiger partial charge in [0.05, 0.1) is 5.56 Å². The number of rotatable bonds is 1. The summed E-state index contributed by atoms with van der Waals surface area (Å²) in [6.07, 6.45) is 0. The Morgan fingerprint density at radius 3 is 2.85 bits per heavy atom. The van der Waals surface area contributed by atoms with Gasteiger partial charge in [-0.3, -0.25) is 4.79 Å². The fourth-order valence-corrected chi connectivity index (χ4v) is 4.09. The van der Waals surface area contributed by atoms with Crippen LogP contribution >= 0.6 is 15.9 Å². The van der Waals surface area contributed by atoms with E-state index in [1.807, 2.05) is 4.90 Å². The molecule has 3 nitrogen and oxygen atoms in total. The summed E-state index contributed by atoms with van der Waals surface area (Å²) in [5, 5.41) is 3.40. The minimum atomic E-state index is -0.338. The number of amides is 1. The van der Waals surface area contributed by atoms with Crippen molar-refractivity contribution in [2.45, 2.75) is 19.4 Å². The summed E-state index contributed by atoms with van der Waals surface area (Å²) in [5.74, 6) is 0.658. The third-order valence-corrected chi connectivity index (χ3v) is 5.42. The van der Waals surface area contributed by atoms with Crippen molar-refractivity contribution in [3.8, 4) is 0 Å². The average molecular weight is 341 g/mol. The molecule has 0 saturated carbocycles. The van der Waals surface area contributed by atoms with E-state index in [0.29, 0.717) is 21.9 Å². The summed E-state index contributed by atoms with van der Waals surface area (Å²) < 4.78 is 13.7. The molecule has 1 N–H and O–H groups in total. The van der Waals surface area contributed by atoms with Gasteiger partial charge in [-0.25, -0.2) is 4.39 Å². The van der Waals surface area contributed by atoms with Crippen LogP contribution in [0.2, 0.25) is 0 Å². The summed E-state index contributed by atoms with van der Waals surface area (Å²) >= 11 is 3.29. The molecule has 2 atom stereocenters. The molecule has 5 heteroatoms. The Labute approximate surface area is 126 Å². The van der Waals surface area contributed by atoms with Crippen molar-refractivity contribution in [1.82, 2.24) is 10.2 Å². The van der Waals surface area contributed by atoms with Gasteiger partial charge in [0.1, 0.15) is 5.82 Å². The molecule has 2 heterocycles. The Balaban J connectivity index is 1.91. The maximum atomic E-state index is 13.2. The van der Waals surface area contributed by atoms with E-state index in [4.69, 9.17) is 0 Å². The number of carbonyl (C=O) groups excluding carboxylic acids is 1. The molecule has 0 aromatic heterocycles. The second-order valence-corrected chi connectivity index (χ2v) is 7.07. The highest BCUT2D eigenvalue weighted by Gasteiger charge is 2.51. The number of hydrogen-bond donors (Lipinski definition) is 1. The van der Waals surface area contributed by atoms with E-state index in [9.17, 15) is 9.18 Å². The molecule has 2 aliphatic rings. The lowest BCUT2D eigenvalue weighted by Crippen LogP contribution is -2.47. The Morgan fingerprint density at radius 1 is 1.45 bits per heavy atom. The van der Waals surface area contributed by atoms with Crippen molar-refractivity contribution < 1.29 is 9.18 Å². The topological polar surface area (TPSA) is 32.3 Å². The average Bonchev–Trinajstić information content (AvgIpc) is 2.91. The Bertz CT molecular complexity index is 561. The number of carbonyl (C=O) groups is 1.